The van der Waals surface area contributed by atoms with Gasteiger partial charge in [0.15, 0.2) is 0 Å². The molecule has 1 aromatic carbocycles. The highest BCUT2D eigenvalue weighted by Gasteiger charge is 2.66. The smallest absolute Gasteiger partial charge is 0.336 e. The van der Waals surface area contributed by atoms with Crippen molar-refractivity contribution in [1.82, 2.24) is 0 Å². The van der Waals surface area contributed by atoms with Crippen molar-refractivity contribution in [3.05, 3.63) is 58.2 Å². The van der Waals surface area contributed by atoms with E-state index in [9.17, 15) is 34.2 Å². The number of ether oxygens (including phenoxy) is 3. The first-order valence-corrected chi connectivity index (χ1v) is 9.32. The summed E-state index contributed by atoms with van der Waals surface area (Å²) in [5.74, 6) is -9.87. The Morgan fingerprint density at radius 1 is 0.938 bits per heavy atom. The average molecular weight is 446 g/mol. The lowest BCUT2D eigenvalue weighted by molar-refractivity contribution is -0.176. The molecule has 0 heterocycles. The third-order valence-corrected chi connectivity index (χ3v) is 5.39. The standard InChI is InChI=1S/C22H22O10/c1-11-12(2)15(19(26)32-10-13-8-6-5-7-9-13)22(20(27)28,21(29)31-4)16(18(25)30-3)14(11)17(23)24/h5-9,16H,10H2,1-4H3,(H,23,24)(H,27,28). The van der Waals surface area contributed by atoms with E-state index in [4.69, 9.17) is 4.74 Å². The zero-order valence-electron chi connectivity index (χ0n) is 17.8. The number of esters is 3. The highest BCUT2D eigenvalue weighted by Crippen LogP contribution is 2.50. The van der Waals surface area contributed by atoms with Crippen LogP contribution in [-0.2, 0) is 44.8 Å². The van der Waals surface area contributed by atoms with E-state index in [0.29, 0.717) is 5.56 Å². The van der Waals surface area contributed by atoms with Crippen molar-refractivity contribution < 1.29 is 48.4 Å². The SMILES string of the molecule is COC(=O)C1C(C(=O)O)=C(C)C(C)=C(C(=O)OCc2ccccc2)C1(C(=O)O)C(=O)OC. The molecule has 0 amide bonds. The fourth-order valence-electron chi connectivity index (χ4n) is 3.77. The number of benzene rings is 1. The first kappa shape index (κ1) is 24.3. The summed E-state index contributed by atoms with van der Waals surface area (Å²) in [6, 6.07) is 8.46. The molecule has 0 saturated heterocycles. The van der Waals surface area contributed by atoms with Gasteiger partial charge in [-0.25, -0.2) is 9.59 Å². The monoisotopic (exact) mass is 446 g/mol. The van der Waals surface area contributed by atoms with E-state index in [0.717, 1.165) is 14.2 Å². The average Bonchev–Trinajstić information content (AvgIpc) is 2.77. The summed E-state index contributed by atoms with van der Waals surface area (Å²) in [4.78, 5) is 63.2. The van der Waals surface area contributed by atoms with Crippen molar-refractivity contribution >= 4 is 29.8 Å². The maximum Gasteiger partial charge on any atom is 0.336 e. The van der Waals surface area contributed by atoms with Crippen molar-refractivity contribution in [3.63, 3.8) is 0 Å². The molecule has 2 rings (SSSR count). The lowest BCUT2D eigenvalue weighted by Gasteiger charge is -2.39. The molecular formula is C22H22O10. The zero-order chi connectivity index (χ0) is 24.2. The minimum absolute atomic E-state index is 0.0691. The third-order valence-electron chi connectivity index (χ3n) is 5.39. The Balaban J connectivity index is 2.81. The van der Waals surface area contributed by atoms with Gasteiger partial charge in [-0.15, -0.1) is 0 Å². The van der Waals surface area contributed by atoms with Crippen molar-refractivity contribution in [2.45, 2.75) is 20.5 Å². The number of carbonyl (C=O) groups is 5. The molecule has 2 N–H and O–H groups in total. The molecule has 1 aliphatic carbocycles. The van der Waals surface area contributed by atoms with E-state index < -0.39 is 52.3 Å². The Labute approximate surface area is 183 Å². The van der Waals surface area contributed by atoms with E-state index in [1.807, 2.05) is 0 Å². The number of hydrogen-bond acceptors (Lipinski definition) is 8. The van der Waals surface area contributed by atoms with Gasteiger partial charge in [-0.1, -0.05) is 30.3 Å². The second-order valence-electron chi connectivity index (χ2n) is 6.97. The van der Waals surface area contributed by atoms with E-state index >= 15 is 0 Å². The van der Waals surface area contributed by atoms with Crippen LogP contribution in [0.3, 0.4) is 0 Å². The van der Waals surface area contributed by atoms with Crippen LogP contribution in [0.5, 0.6) is 0 Å². The first-order valence-electron chi connectivity index (χ1n) is 9.32. The summed E-state index contributed by atoms with van der Waals surface area (Å²) in [6.07, 6.45) is 0. The number of methoxy groups -OCH3 is 2. The molecule has 0 saturated carbocycles. The molecular weight excluding hydrogens is 424 g/mol. The van der Waals surface area contributed by atoms with Crippen LogP contribution in [0.1, 0.15) is 19.4 Å². The topological polar surface area (TPSA) is 154 Å². The maximum absolute atomic E-state index is 13.1. The molecule has 10 nitrogen and oxygen atoms in total. The van der Waals surface area contributed by atoms with Crippen LogP contribution >= 0.6 is 0 Å². The van der Waals surface area contributed by atoms with Crippen molar-refractivity contribution in [3.8, 4) is 0 Å². The highest BCUT2D eigenvalue weighted by molar-refractivity contribution is 6.18. The number of hydrogen-bond donors (Lipinski definition) is 2. The quantitative estimate of drug-likeness (QED) is 0.358. The molecule has 32 heavy (non-hydrogen) atoms. The Hall–Kier alpha value is -3.95. The Kier molecular flexibility index (Phi) is 7.19. The predicted molar refractivity (Wildman–Crippen MR) is 107 cm³/mol. The van der Waals surface area contributed by atoms with Crippen molar-refractivity contribution in [2.75, 3.05) is 14.2 Å². The summed E-state index contributed by atoms with van der Waals surface area (Å²) in [5.41, 5.74) is -4.05. The van der Waals surface area contributed by atoms with Crippen LogP contribution in [0.15, 0.2) is 52.6 Å². The molecule has 10 heteroatoms. The minimum Gasteiger partial charge on any atom is -0.480 e. The Morgan fingerprint density at radius 2 is 1.53 bits per heavy atom. The van der Waals surface area contributed by atoms with Gasteiger partial charge in [0.2, 0.25) is 5.41 Å². The first-order chi connectivity index (χ1) is 15.0. The van der Waals surface area contributed by atoms with E-state index in [-0.39, 0.29) is 17.8 Å². The van der Waals surface area contributed by atoms with Gasteiger partial charge in [0.1, 0.15) is 12.5 Å². The zero-order valence-corrected chi connectivity index (χ0v) is 17.8. The molecule has 170 valence electrons. The van der Waals surface area contributed by atoms with Gasteiger partial charge in [-0.2, -0.15) is 0 Å². The summed E-state index contributed by atoms with van der Waals surface area (Å²) >= 11 is 0. The number of carbonyl (C=O) groups excluding carboxylic acids is 3. The van der Waals surface area contributed by atoms with Crippen LogP contribution < -0.4 is 0 Å². The van der Waals surface area contributed by atoms with Crippen LogP contribution in [0.4, 0.5) is 0 Å². The molecule has 0 spiro atoms. The molecule has 0 aliphatic heterocycles. The van der Waals surface area contributed by atoms with Crippen LogP contribution in [0, 0.1) is 11.3 Å². The van der Waals surface area contributed by atoms with E-state index in [2.05, 4.69) is 9.47 Å². The fourth-order valence-corrected chi connectivity index (χ4v) is 3.77. The number of aliphatic carboxylic acids is 2. The van der Waals surface area contributed by atoms with Crippen LogP contribution in [0.25, 0.3) is 0 Å². The van der Waals surface area contributed by atoms with Crippen molar-refractivity contribution in [1.29, 1.82) is 0 Å². The Bertz CT molecular complexity index is 1030. The summed E-state index contributed by atoms with van der Waals surface area (Å²) in [7, 11) is 1.76. The Morgan fingerprint density at radius 3 is 2.00 bits per heavy atom. The van der Waals surface area contributed by atoms with Gasteiger partial charge in [0, 0.05) is 0 Å². The molecule has 0 radical (unpaired) electrons. The van der Waals surface area contributed by atoms with Gasteiger partial charge in [-0.3, -0.25) is 14.4 Å². The molecule has 2 atom stereocenters. The molecule has 1 aliphatic rings. The second-order valence-corrected chi connectivity index (χ2v) is 6.97. The molecule has 0 aromatic heterocycles. The second kappa shape index (κ2) is 9.46. The summed E-state index contributed by atoms with van der Waals surface area (Å²) < 4.78 is 14.5. The van der Waals surface area contributed by atoms with Gasteiger partial charge in [0.05, 0.1) is 25.4 Å². The normalized spacial score (nSPS) is 20.4. The third kappa shape index (κ3) is 3.86. The molecule has 2 unspecified atom stereocenters. The van der Waals surface area contributed by atoms with Crippen molar-refractivity contribution in [2.24, 2.45) is 11.3 Å². The van der Waals surface area contributed by atoms with Gasteiger partial charge < -0.3 is 24.4 Å². The highest BCUT2D eigenvalue weighted by atomic mass is 16.5. The largest absolute Gasteiger partial charge is 0.480 e. The lowest BCUT2D eigenvalue weighted by Crippen LogP contribution is -2.56. The molecule has 1 aromatic rings. The fraction of sp³-hybridized carbons (Fsp3) is 0.318. The maximum atomic E-state index is 13.1. The van der Waals surface area contributed by atoms with Crippen LogP contribution in [0.2, 0.25) is 0 Å². The van der Waals surface area contributed by atoms with E-state index in [1.165, 1.54) is 13.8 Å². The lowest BCUT2D eigenvalue weighted by atomic mass is 9.60. The number of allylic oxidation sites excluding steroid dienone is 2. The predicted octanol–water partition coefficient (Wildman–Crippen LogP) is 1.49. The van der Waals surface area contributed by atoms with E-state index in [1.54, 1.807) is 30.3 Å². The summed E-state index contributed by atoms with van der Waals surface area (Å²) in [5, 5.41) is 19.9. The number of carboxylic acids is 2. The number of rotatable bonds is 7. The molecule has 0 fully saturated rings. The molecule has 0 bridgehead atoms. The van der Waals surface area contributed by atoms with Crippen LogP contribution in [-0.4, -0.2) is 54.3 Å². The minimum atomic E-state index is -3.03. The van der Waals surface area contributed by atoms with Gasteiger partial charge in [-0.05, 0) is 30.6 Å². The van der Waals surface area contributed by atoms with Gasteiger partial charge in [0.25, 0.3) is 0 Å². The van der Waals surface area contributed by atoms with Gasteiger partial charge >= 0.3 is 29.8 Å². The number of carboxylic acid groups (broad SMARTS) is 2. The summed E-state index contributed by atoms with van der Waals surface area (Å²) in [6.45, 7) is 2.30.